The van der Waals surface area contributed by atoms with Crippen LogP contribution >= 0.6 is 0 Å². The standard InChI is InChI=1S/C14H16N2O4S/c1-10(9-20-2)21(18,19)16-14(17)13-12-6-4-3-5-11(12)7-8-15-13/h3-8,10H,9H2,1-2H3,(H,16,17)/t10-/m0/s1. The lowest BCUT2D eigenvalue weighted by Crippen LogP contribution is -2.39. The van der Waals surface area contributed by atoms with Crippen molar-refractivity contribution in [3.8, 4) is 0 Å². The third-order valence-corrected chi connectivity index (χ3v) is 4.72. The maximum atomic E-state index is 12.2. The monoisotopic (exact) mass is 308 g/mol. The van der Waals surface area contributed by atoms with E-state index in [1.165, 1.54) is 20.2 Å². The lowest BCUT2D eigenvalue weighted by molar-refractivity contribution is 0.0977. The highest BCUT2D eigenvalue weighted by Crippen LogP contribution is 2.16. The Morgan fingerprint density at radius 1 is 1.33 bits per heavy atom. The molecule has 21 heavy (non-hydrogen) atoms. The van der Waals surface area contributed by atoms with E-state index in [4.69, 9.17) is 4.74 Å². The van der Waals surface area contributed by atoms with Gasteiger partial charge in [-0.05, 0) is 18.4 Å². The SMILES string of the molecule is COC[C@H](C)S(=O)(=O)NC(=O)c1nccc2ccccc12. The minimum absolute atomic E-state index is 0.00554. The number of hydrogen-bond acceptors (Lipinski definition) is 5. The maximum Gasteiger partial charge on any atom is 0.283 e. The molecule has 0 aliphatic carbocycles. The van der Waals surface area contributed by atoms with E-state index in [9.17, 15) is 13.2 Å². The van der Waals surface area contributed by atoms with Gasteiger partial charge in [-0.15, -0.1) is 0 Å². The van der Waals surface area contributed by atoms with Crippen molar-refractivity contribution in [3.05, 3.63) is 42.2 Å². The van der Waals surface area contributed by atoms with E-state index in [1.807, 2.05) is 16.9 Å². The number of aromatic nitrogens is 1. The first-order valence-corrected chi connectivity index (χ1v) is 7.89. The minimum atomic E-state index is -3.80. The van der Waals surface area contributed by atoms with Gasteiger partial charge in [-0.25, -0.2) is 13.1 Å². The van der Waals surface area contributed by atoms with Crippen LogP contribution in [0.3, 0.4) is 0 Å². The van der Waals surface area contributed by atoms with Crippen molar-refractivity contribution in [3.63, 3.8) is 0 Å². The molecule has 1 atom stereocenters. The Bertz CT molecular complexity index is 753. The predicted octanol–water partition coefficient (Wildman–Crippen LogP) is 1.33. The molecule has 0 unspecified atom stereocenters. The molecule has 6 nitrogen and oxygen atoms in total. The van der Waals surface area contributed by atoms with Crippen molar-refractivity contribution in [1.29, 1.82) is 0 Å². The van der Waals surface area contributed by atoms with Crippen LogP contribution in [-0.2, 0) is 14.8 Å². The highest BCUT2D eigenvalue weighted by molar-refractivity contribution is 7.90. The van der Waals surface area contributed by atoms with E-state index >= 15 is 0 Å². The number of hydrogen-bond donors (Lipinski definition) is 1. The van der Waals surface area contributed by atoms with Crippen molar-refractivity contribution in [2.24, 2.45) is 0 Å². The van der Waals surface area contributed by atoms with Gasteiger partial charge in [0.15, 0.2) is 0 Å². The second-order valence-corrected chi connectivity index (χ2v) is 6.72. The fraction of sp³-hybridized carbons (Fsp3) is 0.286. The van der Waals surface area contributed by atoms with Crippen molar-refractivity contribution < 1.29 is 17.9 Å². The Labute approximate surface area is 123 Å². The molecule has 7 heteroatoms. The molecule has 2 rings (SSSR count). The second kappa shape index (κ2) is 6.19. The van der Waals surface area contributed by atoms with E-state index in [2.05, 4.69) is 4.98 Å². The molecular formula is C14H16N2O4S. The third-order valence-electron chi connectivity index (χ3n) is 3.05. The zero-order valence-corrected chi connectivity index (χ0v) is 12.6. The molecule has 0 fully saturated rings. The first-order valence-electron chi connectivity index (χ1n) is 6.34. The fourth-order valence-electron chi connectivity index (χ4n) is 1.90. The van der Waals surface area contributed by atoms with E-state index in [-0.39, 0.29) is 12.3 Å². The Balaban J connectivity index is 2.31. The molecule has 0 spiro atoms. The summed E-state index contributed by atoms with van der Waals surface area (Å²) in [6.45, 7) is 1.47. The zero-order valence-electron chi connectivity index (χ0n) is 11.7. The van der Waals surface area contributed by atoms with E-state index < -0.39 is 21.2 Å². The molecule has 112 valence electrons. The number of amides is 1. The summed E-state index contributed by atoms with van der Waals surface area (Å²) in [4.78, 5) is 16.2. The van der Waals surface area contributed by atoms with Crippen LogP contribution in [0, 0.1) is 0 Å². The van der Waals surface area contributed by atoms with Gasteiger partial charge >= 0.3 is 0 Å². The Hall–Kier alpha value is -1.99. The molecule has 0 aliphatic rings. The quantitative estimate of drug-likeness (QED) is 0.900. The average Bonchev–Trinajstić information content (AvgIpc) is 2.46. The van der Waals surface area contributed by atoms with Gasteiger partial charge in [0.1, 0.15) is 10.9 Å². The second-order valence-electron chi connectivity index (χ2n) is 4.62. The van der Waals surface area contributed by atoms with E-state index in [0.717, 1.165) is 5.39 Å². The predicted molar refractivity (Wildman–Crippen MR) is 79.5 cm³/mol. The Kier molecular flexibility index (Phi) is 4.54. The van der Waals surface area contributed by atoms with Gasteiger partial charge in [0.05, 0.1) is 6.61 Å². The highest BCUT2D eigenvalue weighted by Gasteiger charge is 2.24. The van der Waals surface area contributed by atoms with Gasteiger partial charge < -0.3 is 4.74 Å². The maximum absolute atomic E-state index is 12.2. The highest BCUT2D eigenvalue weighted by atomic mass is 32.2. The van der Waals surface area contributed by atoms with Crippen LogP contribution in [0.5, 0.6) is 0 Å². The Morgan fingerprint density at radius 3 is 2.76 bits per heavy atom. The normalized spacial score (nSPS) is 13.0. The molecule has 0 saturated carbocycles. The smallest absolute Gasteiger partial charge is 0.283 e. The van der Waals surface area contributed by atoms with Crippen molar-refractivity contribution in [2.75, 3.05) is 13.7 Å². The van der Waals surface area contributed by atoms with Crippen LogP contribution in [0.15, 0.2) is 36.5 Å². The van der Waals surface area contributed by atoms with Crippen LogP contribution in [0.1, 0.15) is 17.4 Å². The van der Waals surface area contributed by atoms with Gasteiger partial charge in [-0.2, -0.15) is 0 Å². The van der Waals surface area contributed by atoms with Gasteiger partial charge in [-0.3, -0.25) is 9.78 Å². The summed E-state index contributed by atoms with van der Waals surface area (Å²) in [7, 11) is -2.40. The van der Waals surface area contributed by atoms with Crippen molar-refractivity contribution in [1.82, 2.24) is 9.71 Å². The molecular weight excluding hydrogens is 292 g/mol. The summed E-state index contributed by atoms with van der Waals surface area (Å²) in [5.41, 5.74) is 0.0845. The van der Waals surface area contributed by atoms with Crippen LogP contribution < -0.4 is 4.72 Å². The number of carbonyl (C=O) groups excluding carboxylic acids is 1. The molecule has 0 aliphatic heterocycles. The van der Waals surface area contributed by atoms with E-state index in [0.29, 0.717) is 5.39 Å². The number of nitrogens with one attached hydrogen (secondary N) is 1. The molecule has 2 aromatic rings. The number of sulfonamides is 1. The van der Waals surface area contributed by atoms with Gasteiger partial charge in [0.2, 0.25) is 10.0 Å². The number of ether oxygens (including phenoxy) is 1. The van der Waals surface area contributed by atoms with E-state index in [1.54, 1.807) is 18.2 Å². The van der Waals surface area contributed by atoms with Crippen molar-refractivity contribution in [2.45, 2.75) is 12.2 Å². The number of methoxy groups -OCH3 is 1. The molecule has 0 saturated heterocycles. The summed E-state index contributed by atoms with van der Waals surface area (Å²) in [6.07, 6.45) is 1.47. The van der Waals surface area contributed by atoms with Crippen LogP contribution in [0.4, 0.5) is 0 Å². The molecule has 1 N–H and O–H groups in total. The molecule has 1 aromatic heterocycles. The van der Waals surface area contributed by atoms with Gasteiger partial charge in [0.25, 0.3) is 5.91 Å². The minimum Gasteiger partial charge on any atom is -0.383 e. The van der Waals surface area contributed by atoms with Crippen LogP contribution in [0.2, 0.25) is 0 Å². The summed E-state index contributed by atoms with van der Waals surface area (Å²) in [5, 5.41) is 0.591. The number of rotatable bonds is 5. The largest absolute Gasteiger partial charge is 0.383 e. The molecule has 1 heterocycles. The topological polar surface area (TPSA) is 85.4 Å². The average molecular weight is 308 g/mol. The lowest BCUT2D eigenvalue weighted by Gasteiger charge is -2.13. The molecule has 0 radical (unpaired) electrons. The first kappa shape index (κ1) is 15.4. The number of nitrogens with zero attached hydrogens (tertiary/aromatic N) is 1. The van der Waals surface area contributed by atoms with Gasteiger partial charge in [0, 0.05) is 18.7 Å². The summed E-state index contributed by atoms with van der Waals surface area (Å²) < 4.78 is 30.8. The molecule has 1 aromatic carbocycles. The lowest BCUT2D eigenvalue weighted by atomic mass is 10.1. The Morgan fingerprint density at radius 2 is 2.05 bits per heavy atom. The van der Waals surface area contributed by atoms with Crippen LogP contribution in [-0.4, -0.2) is 38.3 Å². The number of carbonyl (C=O) groups is 1. The first-order chi connectivity index (χ1) is 9.95. The third kappa shape index (κ3) is 3.37. The van der Waals surface area contributed by atoms with Crippen molar-refractivity contribution >= 4 is 26.7 Å². The number of pyridine rings is 1. The molecule has 0 bridgehead atoms. The summed E-state index contributed by atoms with van der Waals surface area (Å²) in [6, 6.07) is 8.91. The number of fused-ring (bicyclic) bond motifs is 1. The molecule has 1 amide bonds. The fourth-order valence-corrected chi connectivity index (χ4v) is 2.77. The summed E-state index contributed by atoms with van der Waals surface area (Å²) >= 11 is 0. The van der Waals surface area contributed by atoms with Gasteiger partial charge in [-0.1, -0.05) is 24.3 Å². The number of benzene rings is 1. The summed E-state index contributed by atoms with van der Waals surface area (Å²) in [5.74, 6) is -0.741. The zero-order chi connectivity index (χ0) is 15.5. The van der Waals surface area contributed by atoms with Crippen LogP contribution in [0.25, 0.3) is 10.8 Å².